The first kappa shape index (κ1) is 20.9. The lowest BCUT2D eigenvalue weighted by Gasteiger charge is -2.28. The van der Waals surface area contributed by atoms with Gasteiger partial charge in [0.05, 0.1) is 0 Å². The predicted molar refractivity (Wildman–Crippen MR) is 122 cm³/mol. The number of nitrogens with one attached hydrogen (secondary N) is 1. The first-order valence-electron chi connectivity index (χ1n) is 10.5. The number of hydrogen-bond donors (Lipinski definition) is 1. The van der Waals surface area contributed by atoms with Crippen molar-refractivity contribution in [2.24, 2.45) is 5.92 Å². The maximum Gasteiger partial charge on any atom is 0.228 e. The largest absolute Gasteiger partial charge is 0.325 e. The monoisotopic (exact) mass is 385 g/mol. The van der Waals surface area contributed by atoms with Crippen LogP contribution in [0.2, 0.25) is 0 Å². The van der Waals surface area contributed by atoms with Gasteiger partial charge in [-0.15, -0.1) is 0 Å². The highest BCUT2D eigenvalue weighted by molar-refractivity contribution is 5.95. The minimum Gasteiger partial charge on any atom is -0.325 e. The van der Waals surface area contributed by atoms with Gasteiger partial charge in [0, 0.05) is 17.5 Å². The van der Waals surface area contributed by atoms with Gasteiger partial charge in [-0.25, -0.2) is 0 Å². The van der Waals surface area contributed by atoms with Crippen LogP contribution in [0.25, 0.3) is 0 Å². The summed E-state index contributed by atoms with van der Waals surface area (Å²) in [6.07, 6.45) is 1.80. The molecule has 0 bridgehead atoms. The summed E-state index contributed by atoms with van der Waals surface area (Å²) in [4.78, 5) is 13.6. The zero-order valence-electron chi connectivity index (χ0n) is 17.9. The summed E-state index contributed by atoms with van der Waals surface area (Å²) in [5.74, 6) is -0.00655. The molecule has 0 radical (unpaired) electrons. The van der Waals surface area contributed by atoms with Crippen LogP contribution < -0.4 is 5.32 Å². The van der Waals surface area contributed by atoms with E-state index in [4.69, 9.17) is 0 Å². The number of hydrogen-bond acceptors (Lipinski definition) is 1. The molecular weight excluding hydrogens is 354 g/mol. The molecule has 29 heavy (non-hydrogen) atoms. The van der Waals surface area contributed by atoms with E-state index in [1.54, 1.807) is 0 Å². The van der Waals surface area contributed by atoms with Crippen molar-refractivity contribution >= 4 is 11.6 Å². The van der Waals surface area contributed by atoms with Crippen LogP contribution in [0.15, 0.2) is 72.8 Å². The van der Waals surface area contributed by atoms with E-state index < -0.39 is 0 Å². The van der Waals surface area contributed by atoms with Crippen molar-refractivity contribution < 1.29 is 4.79 Å². The molecule has 0 aliphatic carbocycles. The van der Waals surface area contributed by atoms with Gasteiger partial charge in [-0.1, -0.05) is 91.7 Å². The Morgan fingerprint density at radius 3 is 1.76 bits per heavy atom. The molecule has 0 saturated carbocycles. The molecule has 2 nitrogen and oxygen atoms in total. The third-order valence-corrected chi connectivity index (χ3v) is 5.58. The Morgan fingerprint density at radius 2 is 1.31 bits per heavy atom. The smallest absolute Gasteiger partial charge is 0.228 e. The van der Waals surface area contributed by atoms with E-state index in [0.717, 1.165) is 29.7 Å². The van der Waals surface area contributed by atoms with E-state index >= 15 is 0 Å². The average Bonchev–Trinajstić information content (AvgIpc) is 2.72. The first-order chi connectivity index (χ1) is 14.0. The van der Waals surface area contributed by atoms with Crippen LogP contribution >= 0.6 is 0 Å². The van der Waals surface area contributed by atoms with E-state index in [1.165, 1.54) is 16.7 Å². The number of amides is 1. The van der Waals surface area contributed by atoms with Crippen LogP contribution in [0.1, 0.15) is 53.5 Å². The lowest BCUT2D eigenvalue weighted by atomic mass is 9.78. The molecule has 1 N–H and O–H groups in total. The summed E-state index contributed by atoms with van der Waals surface area (Å²) in [6, 6.07) is 25.1. The van der Waals surface area contributed by atoms with Gasteiger partial charge in [-0.3, -0.25) is 4.79 Å². The van der Waals surface area contributed by atoms with E-state index in [-0.39, 0.29) is 17.7 Å². The summed E-state index contributed by atoms with van der Waals surface area (Å²) < 4.78 is 0. The number of benzene rings is 3. The molecule has 0 heterocycles. The summed E-state index contributed by atoms with van der Waals surface area (Å²) in [6.45, 7) is 8.37. The molecule has 1 unspecified atom stereocenters. The van der Waals surface area contributed by atoms with E-state index in [9.17, 15) is 4.79 Å². The molecule has 0 saturated heterocycles. The topological polar surface area (TPSA) is 29.1 Å². The van der Waals surface area contributed by atoms with Gasteiger partial charge in [-0.2, -0.15) is 0 Å². The molecule has 1 atom stereocenters. The third-order valence-electron chi connectivity index (χ3n) is 5.58. The van der Waals surface area contributed by atoms with Crippen molar-refractivity contribution in [3.8, 4) is 0 Å². The van der Waals surface area contributed by atoms with Gasteiger partial charge < -0.3 is 5.32 Å². The maximum atomic E-state index is 13.6. The Balaban J connectivity index is 2.00. The van der Waals surface area contributed by atoms with Crippen LogP contribution in [0.4, 0.5) is 5.69 Å². The van der Waals surface area contributed by atoms with Gasteiger partial charge in [0.2, 0.25) is 5.91 Å². The molecule has 0 fully saturated rings. The van der Waals surface area contributed by atoms with Crippen LogP contribution in [-0.4, -0.2) is 5.91 Å². The van der Waals surface area contributed by atoms with Crippen molar-refractivity contribution in [3.63, 3.8) is 0 Å². The molecule has 0 spiro atoms. The SMILES string of the molecule is CCCC(C(=O)Nc1c(C)cc(C)cc1C)C(c1ccccc1)c1ccccc1. The third kappa shape index (κ3) is 4.95. The fourth-order valence-corrected chi connectivity index (χ4v) is 4.33. The van der Waals surface area contributed by atoms with Gasteiger partial charge >= 0.3 is 0 Å². The van der Waals surface area contributed by atoms with Crippen molar-refractivity contribution in [2.75, 3.05) is 5.32 Å². The standard InChI is InChI=1S/C27H31NO/c1-5-12-24(27(29)28-26-20(3)17-19(2)18-21(26)4)25(22-13-8-6-9-14-22)23-15-10-7-11-16-23/h6-11,13-18,24-25H,5,12H2,1-4H3,(H,28,29). The summed E-state index contributed by atoms with van der Waals surface area (Å²) in [7, 11) is 0. The quantitative estimate of drug-likeness (QED) is 0.476. The Labute approximate surface area is 175 Å². The van der Waals surface area contributed by atoms with Crippen molar-refractivity contribution in [3.05, 3.63) is 101 Å². The second-order valence-electron chi connectivity index (χ2n) is 7.96. The Bertz CT molecular complexity index is 884. The predicted octanol–water partition coefficient (Wildman–Crippen LogP) is 6.80. The molecule has 1 amide bonds. The fourth-order valence-electron chi connectivity index (χ4n) is 4.33. The summed E-state index contributed by atoms with van der Waals surface area (Å²) in [5, 5.41) is 3.27. The summed E-state index contributed by atoms with van der Waals surface area (Å²) in [5.41, 5.74) is 6.76. The molecule has 0 aliphatic heterocycles. The zero-order chi connectivity index (χ0) is 20.8. The number of anilines is 1. The number of carbonyl (C=O) groups excluding carboxylic acids is 1. The average molecular weight is 386 g/mol. The molecule has 2 heteroatoms. The van der Waals surface area contributed by atoms with Crippen molar-refractivity contribution in [2.45, 2.75) is 46.5 Å². The Kier molecular flexibility index (Phi) is 6.87. The first-order valence-corrected chi connectivity index (χ1v) is 10.5. The fraction of sp³-hybridized carbons (Fsp3) is 0.296. The second kappa shape index (κ2) is 9.56. The molecule has 0 aromatic heterocycles. The van der Waals surface area contributed by atoms with E-state index in [1.807, 2.05) is 12.1 Å². The Morgan fingerprint density at radius 1 is 0.828 bits per heavy atom. The molecular formula is C27H31NO. The number of rotatable bonds is 7. The highest BCUT2D eigenvalue weighted by Gasteiger charge is 2.30. The highest BCUT2D eigenvalue weighted by Crippen LogP contribution is 2.36. The van der Waals surface area contributed by atoms with E-state index in [0.29, 0.717) is 0 Å². The van der Waals surface area contributed by atoms with Crippen LogP contribution in [0, 0.1) is 26.7 Å². The van der Waals surface area contributed by atoms with Crippen molar-refractivity contribution in [1.29, 1.82) is 0 Å². The lowest BCUT2D eigenvalue weighted by Crippen LogP contribution is -2.29. The molecule has 0 aliphatic rings. The normalized spacial score (nSPS) is 12.0. The van der Waals surface area contributed by atoms with E-state index in [2.05, 4.69) is 93.7 Å². The van der Waals surface area contributed by atoms with Gasteiger partial charge in [0.25, 0.3) is 0 Å². The van der Waals surface area contributed by atoms with Crippen LogP contribution in [0.3, 0.4) is 0 Å². The zero-order valence-corrected chi connectivity index (χ0v) is 17.9. The van der Waals surface area contributed by atoms with Crippen LogP contribution in [0.5, 0.6) is 0 Å². The van der Waals surface area contributed by atoms with Crippen LogP contribution in [-0.2, 0) is 4.79 Å². The number of carbonyl (C=O) groups is 1. The number of aryl methyl sites for hydroxylation is 3. The molecule has 3 rings (SSSR count). The van der Waals surface area contributed by atoms with Gasteiger partial charge in [0.15, 0.2) is 0 Å². The van der Waals surface area contributed by atoms with Crippen molar-refractivity contribution in [1.82, 2.24) is 0 Å². The van der Waals surface area contributed by atoms with Gasteiger partial charge in [-0.05, 0) is 49.4 Å². The summed E-state index contributed by atoms with van der Waals surface area (Å²) >= 11 is 0. The lowest BCUT2D eigenvalue weighted by molar-refractivity contribution is -0.120. The second-order valence-corrected chi connectivity index (χ2v) is 7.96. The Hall–Kier alpha value is -2.87. The minimum atomic E-state index is -0.134. The molecule has 150 valence electrons. The molecule has 3 aromatic carbocycles. The highest BCUT2D eigenvalue weighted by atomic mass is 16.1. The molecule has 3 aromatic rings. The maximum absolute atomic E-state index is 13.6. The minimum absolute atomic E-state index is 0.0309. The van der Waals surface area contributed by atoms with Gasteiger partial charge in [0.1, 0.15) is 0 Å².